The highest BCUT2D eigenvalue weighted by molar-refractivity contribution is 6.08. The Morgan fingerprint density at radius 1 is 1.04 bits per heavy atom. The third kappa shape index (κ3) is 5.66. The molecule has 2 amide bonds. The first kappa shape index (κ1) is 18.0. The molecule has 128 valence electrons. The van der Waals surface area contributed by atoms with Crippen molar-refractivity contribution in [3.8, 4) is 11.8 Å². The fourth-order valence-electron chi connectivity index (χ4n) is 2.12. The fraction of sp³-hybridized carbons (Fsp3) is 0.211. The van der Waals surface area contributed by atoms with Crippen LogP contribution >= 0.6 is 0 Å². The van der Waals surface area contributed by atoms with E-state index in [9.17, 15) is 9.59 Å². The van der Waals surface area contributed by atoms with Gasteiger partial charge in [-0.3, -0.25) is 9.59 Å². The van der Waals surface area contributed by atoms with Crippen LogP contribution in [0.5, 0.6) is 5.75 Å². The van der Waals surface area contributed by atoms with Crippen molar-refractivity contribution in [3.63, 3.8) is 0 Å². The van der Waals surface area contributed by atoms with E-state index in [1.165, 1.54) is 0 Å². The summed E-state index contributed by atoms with van der Waals surface area (Å²) in [6.07, 6.45) is -0.273. The first-order valence-electron chi connectivity index (χ1n) is 7.83. The van der Waals surface area contributed by atoms with Gasteiger partial charge in [0, 0.05) is 5.69 Å². The Morgan fingerprint density at radius 2 is 1.68 bits per heavy atom. The number of para-hydroxylation sites is 1. The first-order chi connectivity index (χ1) is 12.0. The average Bonchev–Trinajstić information content (AvgIpc) is 2.56. The molecule has 0 saturated carbocycles. The molecule has 0 spiro atoms. The highest BCUT2D eigenvalue weighted by atomic mass is 16.5. The zero-order valence-electron chi connectivity index (χ0n) is 14.1. The number of carbonyl (C=O) groups is 2. The topological polar surface area (TPSA) is 91.2 Å². The van der Waals surface area contributed by atoms with Gasteiger partial charge < -0.3 is 15.4 Å². The number of nitrogens with zero attached hydrogens (tertiary/aromatic N) is 1. The van der Waals surface area contributed by atoms with Gasteiger partial charge in [-0.2, -0.15) is 5.26 Å². The van der Waals surface area contributed by atoms with Crippen molar-refractivity contribution in [1.29, 1.82) is 5.26 Å². The van der Waals surface area contributed by atoms with Gasteiger partial charge in [0.05, 0.1) is 17.4 Å². The quantitative estimate of drug-likeness (QED) is 0.791. The number of hydrogen-bond acceptors (Lipinski definition) is 4. The summed E-state index contributed by atoms with van der Waals surface area (Å²) in [6, 6.07) is 15.5. The normalized spacial score (nSPS) is 10.0. The molecule has 0 heterocycles. The third-order valence-corrected chi connectivity index (χ3v) is 3.15. The van der Waals surface area contributed by atoms with Gasteiger partial charge in [0.15, 0.2) is 0 Å². The Bertz CT molecular complexity index is 792. The van der Waals surface area contributed by atoms with E-state index < -0.39 is 11.8 Å². The zero-order chi connectivity index (χ0) is 18.2. The summed E-state index contributed by atoms with van der Waals surface area (Å²) in [5.74, 6) is -0.219. The lowest BCUT2D eigenvalue weighted by molar-refractivity contribution is -0.123. The molecule has 0 unspecified atom stereocenters. The van der Waals surface area contributed by atoms with Crippen LogP contribution in [0.3, 0.4) is 0 Å². The maximum absolute atomic E-state index is 12.0. The molecular formula is C19H19N3O3. The predicted molar refractivity (Wildman–Crippen MR) is 95.2 cm³/mol. The summed E-state index contributed by atoms with van der Waals surface area (Å²) in [5.41, 5.74) is 1.31. The average molecular weight is 337 g/mol. The van der Waals surface area contributed by atoms with E-state index in [0.717, 1.165) is 0 Å². The van der Waals surface area contributed by atoms with Crippen molar-refractivity contribution in [2.24, 2.45) is 0 Å². The van der Waals surface area contributed by atoms with Crippen LogP contribution in [0.25, 0.3) is 0 Å². The number of benzene rings is 2. The fourth-order valence-corrected chi connectivity index (χ4v) is 2.12. The summed E-state index contributed by atoms with van der Waals surface area (Å²) < 4.78 is 5.52. The number of carbonyl (C=O) groups excluding carboxylic acids is 2. The highest BCUT2D eigenvalue weighted by Crippen LogP contribution is 2.17. The Morgan fingerprint density at radius 3 is 2.32 bits per heavy atom. The molecule has 2 aromatic carbocycles. The molecule has 6 nitrogen and oxygen atoms in total. The lowest BCUT2D eigenvalue weighted by Crippen LogP contribution is -2.21. The van der Waals surface area contributed by atoms with Crippen LogP contribution in [0.1, 0.15) is 25.8 Å². The third-order valence-electron chi connectivity index (χ3n) is 3.15. The molecule has 0 aromatic heterocycles. The Hall–Kier alpha value is -3.33. The van der Waals surface area contributed by atoms with Gasteiger partial charge in [-0.25, -0.2) is 0 Å². The van der Waals surface area contributed by atoms with Crippen LogP contribution in [0.2, 0.25) is 0 Å². The van der Waals surface area contributed by atoms with E-state index in [1.54, 1.807) is 48.5 Å². The maximum atomic E-state index is 12.0. The standard InChI is InChI=1S/C19H19N3O3/c1-13(2)25-16-9-7-15(8-10-16)21-18(23)11-19(24)22-17-6-4-3-5-14(17)12-20/h3-10,13H,11H2,1-2H3,(H,21,23)(H,22,24). The molecule has 6 heteroatoms. The maximum Gasteiger partial charge on any atom is 0.233 e. The van der Waals surface area contributed by atoms with Crippen LogP contribution in [0.4, 0.5) is 11.4 Å². The van der Waals surface area contributed by atoms with E-state index in [-0.39, 0.29) is 12.5 Å². The number of nitriles is 1. The number of hydrogen-bond donors (Lipinski definition) is 2. The summed E-state index contributed by atoms with van der Waals surface area (Å²) in [4.78, 5) is 23.9. The molecule has 0 radical (unpaired) electrons. The van der Waals surface area contributed by atoms with Crippen LogP contribution in [-0.4, -0.2) is 17.9 Å². The number of ether oxygens (including phenoxy) is 1. The molecule has 0 fully saturated rings. The second-order valence-corrected chi connectivity index (χ2v) is 5.62. The highest BCUT2D eigenvalue weighted by Gasteiger charge is 2.12. The van der Waals surface area contributed by atoms with E-state index in [4.69, 9.17) is 10.00 Å². The second kappa shape index (κ2) is 8.50. The van der Waals surface area contributed by atoms with E-state index in [0.29, 0.717) is 22.7 Å². The smallest absolute Gasteiger partial charge is 0.233 e. The largest absolute Gasteiger partial charge is 0.491 e. The summed E-state index contributed by atoms with van der Waals surface area (Å²) in [7, 11) is 0. The minimum atomic E-state index is -0.486. The van der Waals surface area contributed by atoms with Crippen molar-refractivity contribution in [2.45, 2.75) is 26.4 Å². The minimum Gasteiger partial charge on any atom is -0.491 e. The molecule has 0 aliphatic heterocycles. The van der Waals surface area contributed by atoms with Gasteiger partial charge in [0.25, 0.3) is 0 Å². The van der Waals surface area contributed by atoms with Crippen LogP contribution < -0.4 is 15.4 Å². The number of anilines is 2. The SMILES string of the molecule is CC(C)Oc1ccc(NC(=O)CC(=O)Nc2ccccc2C#N)cc1. The monoisotopic (exact) mass is 337 g/mol. The lowest BCUT2D eigenvalue weighted by Gasteiger charge is -2.11. The molecule has 0 aliphatic carbocycles. The van der Waals surface area contributed by atoms with Crippen molar-refractivity contribution >= 4 is 23.2 Å². The minimum absolute atomic E-state index is 0.0698. The van der Waals surface area contributed by atoms with Gasteiger partial charge in [-0.05, 0) is 50.2 Å². The molecule has 2 rings (SSSR count). The van der Waals surface area contributed by atoms with Gasteiger partial charge in [0.2, 0.25) is 11.8 Å². The first-order valence-corrected chi connectivity index (χ1v) is 7.83. The molecule has 2 aromatic rings. The number of amides is 2. The lowest BCUT2D eigenvalue weighted by atomic mass is 10.2. The van der Waals surface area contributed by atoms with Gasteiger partial charge >= 0.3 is 0 Å². The Balaban J connectivity index is 1.89. The van der Waals surface area contributed by atoms with Crippen LogP contribution in [-0.2, 0) is 9.59 Å². The van der Waals surface area contributed by atoms with Crippen LogP contribution in [0, 0.1) is 11.3 Å². The van der Waals surface area contributed by atoms with Gasteiger partial charge in [-0.1, -0.05) is 12.1 Å². The Kier molecular flexibility index (Phi) is 6.13. The number of nitrogens with one attached hydrogen (secondary N) is 2. The second-order valence-electron chi connectivity index (χ2n) is 5.62. The summed E-state index contributed by atoms with van der Waals surface area (Å²) in [5, 5.41) is 14.2. The summed E-state index contributed by atoms with van der Waals surface area (Å²) in [6.45, 7) is 3.86. The summed E-state index contributed by atoms with van der Waals surface area (Å²) >= 11 is 0. The van der Waals surface area contributed by atoms with Crippen molar-refractivity contribution in [1.82, 2.24) is 0 Å². The Labute approximate surface area is 146 Å². The van der Waals surface area contributed by atoms with E-state index in [2.05, 4.69) is 10.6 Å². The molecule has 0 saturated heterocycles. The van der Waals surface area contributed by atoms with Gasteiger partial charge in [-0.15, -0.1) is 0 Å². The molecule has 0 bridgehead atoms. The van der Waals surface area contributed by atoms with Gasteiger partial charge in [0.1, 0.15) is 18.2 Å². The molecule has 0 atom stereocenters. The van der Waals surface area contributed by atoms with Crippen LogP contribution in [0.15, 0.2) is 48.5 Å². The molecule has 0 aliphatic rings. The van der Waals surface area contributed by atoms with Crippen molar-refractivity contribution < 1.29 is 14.3 Å². The molecule has 25 heavy (non-hydrogen) atoms. The molecule has 2 N–H and O–H groups in total. The predicted octanol–water partition coefficient (Wildman–Crippen LogP) is 3.31. The zero-order valence-corrected chi connectivity index (χ0v) is 14.1. The van der Waals surface area contributed by atoms with Crippen molar-refractivity contribution in [3.05, 3.63) is 54.1 Å². The van der Waals surface area contributed by atoms with E-state index >= 15 is 0 Å². The molecular weight excluding hydrogens is 318 g/mol. The van der Waals surface area contributed by atoms with E-state index in [1.807, 2.05) is 19.9 Å². The number of rotatable bonds is 6. The van der Waals surface area contributed by atoms with Crippen molar-refractivity contribution in [2.75, 3.05) is 10.6 Å².